The molecule has 1 aromatic rings. The molecule has 41 valence electrons. The summed E-state index contributed by atoms with van der Waals surface area (Å²) < 4.78 is 0.520. The van der Waals surface area contributed by atoms with Gasteiger partial charge < -0.3 is 0 Å². The van der Waals surface area contributed by atoms with Crippen molar-refractivity contribution < 1.29 is 0 Å². The van der Waals surface area contributed by atoms with E-state index in [0.717, 1.165) is 5.56 Å². The summed E-state index contributed by atoms with van der Waals surface area (Å²) in [6, 6.07) is 1.92. The monoisotopic (exact) mass is 190 g/mol. The van der Waals surface area contributed by atoms with Gasteiger partial charge in [0.25, 0.3) is 0 Å². The third kappa shape index (κ3) is 1.19. The van der Waals surface area contributed by atoms with E-state index in [1.54, 1.807) is 11.3 Å². The molecule has 0 aliphatic carbocycles. The molecule has 1 heterocycles. The van der Waals surface area contributed by atoms with Crippen molar-refractivity contribution in [1.82, 2.24) is 0 Å². The van der Waals surface area contributed by atoms with Crippen LogP contribution in [0.25, 0.3) is 0 Å². The van der Waals surface area contributed by atoms with Crippen LogP contribution in [-0.2, 0) is 0 Å². The van der Waals surface area contributed by atoms with Gasteiger partial charge in [0, 0.05) is 0 Å². The molecule has 0 saturated carbocycles. The van der Waals surface area contributed by atoms with Gasteiger partial charge in [0.15, 0.2) is 0 Å². The van der Waals surface area contributed by atoms with Gasteiger partial charge in [0.2, 0.25) is 0 Å². The van der Waals surface area contributed by atoms with Crippen LogP contribution in [-0.4, -0.2) is 20.6 Å². The Morgan fingerprint density at radius 2 is 2.50 bits per heavy atom. The van der Waals surface area contributed by atoms with Crippen molar-refractivity contribution in [2.75, 3.05) is 0 Å². The molecule has 0 aromatic carbocycles. The molecule has 0 unspecified atom stereocenters. The van der Waals surface area contributed by atoms with Crippen LogP contribution in [0.3, 0.4) is 0 Å². The predicted molar refractivity (Wildman–Crippen MR) is 36.9 cm³/mol. The first-order chi connectivity index (χ1) is 3.80. The Kier molecular flexibility index (Phi) is 1.84. The Morgan fingerprint density at radius 1 is 1.75 bits per heavy atom. The Balaban J connectivity index is 2.93. The first-order valence-electron chi connectivity index (χ1n) is 2.09. The van der Waals surface area contributed by atoms with Crippen LogP contribution in [0.15, 0.2) is 16.8 Å². The summed E-state index contributed by atoms with van der Waals surface area (Å²) in [5.41, 5.74) is 0.981. The summed E-state index contributed by atoms with van der Waals surface area (Å²) in [6.45, 7) is 0. The minimum atomic E-state index is 0.520. The zero-order valence-electron chi connectivity index (χ0n) is 4.05. The molecule has 0 saturated heterocycles. The Labute approximate surface area is 60.1 Å². The molecule has 1 aromatic heterocycles. The summed E-state index contributed by atoms with van der Waals surface area (Å²) in [5.74, 6) is 0. The number of hydrogen-bond donors (Lipinski definition) is 1. The molecule has 0 aliphatic rings. The van der Waals surface area contributed by atoms with Crippen LogP contribution in [0, 0.1) is 5.41 Å². The molecule has 0 fully saturated rings. The van der Waals surface area contributed by atoms with Gasteiger partial charge in [0.1, 0.15) is 0 Å². The summed E-state index contributed by atoms with van der Waals surface area (Å²) in [4.78, 5) is 0. The summed E-state index contributed by atoms with van der Waals surface area (Å²) in [7, 11) is 0. The quantitative estimate of drug-likeness (QED) is 0.507. The Bertz CT molecular complexity index is 180. The topological polar surface area (TPSA) is 23.9 Å². The molecule has 0 amide bonds. The van der Waals surface area contributed by atoms with Crippen LogP contribution in [0.2, 0.25) is 0 Å². The molecular weight excluding hydrogens is 185 g/mol. The number of thiophene rings is 1. The Morgan fingerprint density at radius 3 is 2.75 bits per heavy atom. The Hall–Kier alpha value is -0.111. The molecule has 0 spiro atoms. The van der Waals surface area contributed by atoms with E-state index in [1.807, 2.05) is 16.8 Å². The van der Waals surface area contributed by atoms with Gasteiger partial charge in [0.05, 0.1) is 0 Å². The molecule has 0 atom stereocenters. The minimum absolute atomic E-state index is 0.520. The second kappa shape index (κ2) is 2.44. The first kappa shape index (κ1) is 6.02. The van der Waals surface area contributed by atoms with E-state index in [9.17, 15) is 0 Å². The van der Waals surface area contributed by atoms with Crippen LogP contribution in [0.5, 0.6) is 0 Å². The standard InChI is InChI=1S/C5H4NSSe/c6-5(8)4-1-2-7-3-4/h1-3,6H. The van der Waals surface area contributed by atoms with E-state index in [4.69, 9.17) is 5.41 Å². The van der Waals surface area contributed by atoms with Gasteiger partial charge in [-0.3, -0.25) is 0 Å². The number of hydrogen-bond acceptors (Lipinski definition) is 2. The van der Waals surface area contributed by atoms with Crippen molar-refractivity contribution in [3.8, 4) is 0 Å². The van der Waals surface area contributed by atoms with Gasteiger partial charge in [-0.25, -0.2) is 0 Å². The van der Waals surface area contributed by atoms with Crippen LogP contribution in [0.1, 0.15) is 5.56 Å². The summed E-state index contributed by atoms with van der Waals surface area (Å²) >= 11 is 4.24. The van der Waals surface area contributed by atoms with Gasteiger partial charge in [-0.1, -0.05) is 0 Å². The maximum atomic E-state index is 7.10. The van der Waals surface area contributed by atoms with Crippen LogP contribution >= 0.6 is 11.3 Å². The third-order valence-corrected chi connectivity index (χ3v) is 1.96. The molecule has 1 N–H and O–H groups in total. The van der Waals surface area contributed by atoms with Crippen molar-refractivity contribution >= 4 is 32.0 Å². The second-order valence-electron chi connectivity index (χ2n) is 1.34. The maximum absolute atomic E-state index is 7.10. The van der Waals surface area contributed by atoms with Crippen molar-refractivity contribution in [3.63, 3.8) is 0 Å². The fourth-order valence-electron chi connectivity index (χ4n) is 0.394. The zero-order chi connectivity index (χ0) is 5.98. The van der Waals surface area contributed by atoms with Crippen molar-refractivity contribution in [1.29, 1.82) is 5.41 Å². The van der Waals surface area contributed by atoms with E-state index in [1.165, 1.54) is 0 Å². The van der Waals surface area contributed by atoms with E-state index in [2.05, 4.69) is 16.0 Å². The normalized spacial score (nSPS) is 9.00. The van der Waals surface area contributed by atoms with E-state index >= 15 is 0 Å². The molecule has 1 radical (unpaired) electrons. The number of rotatable bonds is 1. The van der Waals surface area contributed by atoms with Crippen molar-refractivity contribution in [2.24, 2.45) is 0 Å². The summed E-state index contributed by atoms with van der Waals surface area (Å²) in [5, 5.41) is 11.0. The molecular formula is C5H4NSSe. The number of nitrogens with one attached hydrogen (secondary N) is 1. The second-order valence-corrected chi connectivity index (χ2v) is 2.98. The fraction of sp³-hybridized carbons (Fsp3) is 0. The van der Waals surface area contributed by atoms with Crippen LogP contribution < -0.4 is 0 Å². The van der Waals surface area contributed by atoms with Crippen molar-refractivity contribution in [2.45, 2.75) is 0 Å². The van der Waals surface area contributed by atoms with E-state index < -0.39 is 0 Å². The van der Waals surface area contributed by atoms with E-state index in [-0.39, 0.29) is 0 Å². The molecule has 1 nitrogen and oxygen atoms in total. The molecule has 0 aliphatic heterocycles. The van der Waals surface area contributed by atoms with Gasteiger partial charge in [-0.05, 0) is 0 Å². The molecule has 8 heavy (non-hydrogen) atoms. The van der Waals surface area contributed by atoms with Gasteiger partial charge >= 0.3 is 59.8 Å². The molecule has 0 bridgehead atoms. The van der Waals surface area contributed by atoms with Crippen molar-refractivity contribution in [3.05, 3.63) is 22.4 Å². The SMILES string of the molecule is N=C([Se])c1ccsc1. The van der Waals surface area contributed by atoms with Gasteiger partial charge in [-0.2, -0.15) is 0 Å². The van der Waals surface area contributed by atoms with E-state index in [0.29, 0.717) is 4.61 Å². The zero-order valence-corrected chi connectivity index (χ0v) is 6.58. The average Bonchev–Trinajstić information content (AvgIpc) is 2.12. The predicted octanol–water partition coefficient (Wildman–Crippen LogP) is 1.24. The first-order valence-corrected chi connectivity index (χ1v) is 3.89. The molecule has 3 heteroatoms. The van der Waals surface area contributed by atoms with Gasteiger partial charge in [-0.15, -0.1) is 0 Å². The fourth-order valence-corrected chi connectivity index (χ4v) is 1.48. The third-order valence-electron chi connectivity index (χ3n) is 0.783. The van der Waals surface area contributed by atoms with Crippen LogP contribution in [0.4, 0.5) is 0 Å². The molecule has 1 rings (SSSR count). The summed E-state index contributed by atoms with van der Waals surface area (Å²) in [6.07, 6.45) is 0. The average molecular weight is 189 g/mol.